The molecule has 1 aliphatic heterocycles. The second kappa shape index (κ2) is 7.07. The van der Waals surface area contributed by atoms with Crippen molar-refractivity contribution in [2.75, 3.05) is 11.4 Å². The van der Waals surface area contributed by atoms with Crippen LogP contribution < -0.4 is 4.90 Å². The Kier molecular flexibility index (Phi) is 4.86. The summed E-state index contributed by atoms with van der Waals surface area (Å²) < 4.78 is 5.14. The third kappa shape index (κ3) is 3.28. The number of furan rings is 1. The molecule has 1 N–H and O–H groups in total. The molecule has 25 heavy (non-hydrogen) atoms. The molecule has 2 aromatic rings. The lowest BCUT2D eigenvalue weighted by molar-refractivity contribution is -0.140. The van der Waals surface area contributed by atoms with Gasteiger partial charge in [-0.25, -0.2) is 0 Å². The maximum atomic E-state index is 12.8. The van der Waals surface area contributed by atoms with Gasteiger partial charge >= 0.3 is 0 Å². The van der Waals surface area contributed by atoms with Crippen LogP contribution in [0.25, 0.3) is 6.08 Å². The summed E-state index contributed by atoms with van der Waals surface area (Å²) in [5.41, 5.74) is -0.628. The van der Waals surface area contributed by atoms with Crippen molar-refractivity contribution in [1.29, 1.82) is 0 Å². The molecule has 0 fully saturated rings. The number of benzene rings is 1. The van der Waals surface area contributed by atoms with E-state index in [1.54, 1.807) is 29.2 Å². The highest BCUT2D eigenvalue weighted by molar-refractivity contribution is 6.10. The molecule has 1 aromatic heterocycles. The largest absolute Gasteiger partial charge is 0.465 e. The van der Waals surface area contributed by atoms with Crippen molar-refractivity contribution in [3.8, 4) is 0 Å². The van der Waals surface area contributed by atoms with Crippen LogP contribution in [-0.4, -0.2) is 23.3 Å². The number of aliphatic hydroxyl groups is 1. The van der Waals surface area contributed by atoms with Gasteiger partial charge in [0.25, 0.3) is 5.91 Å². The van der Waals surface area contributed by atoms with Gasteiger partial charge in [0.1, 0.15) is 5.76 Å². The van der Waals surface area contributed by atoms with E-state index in [1.165, 1.54) is 18.4 Å². The number of ketones is 1. The van der Waals surface area contributed by atoms with Crippen LogP contribution in [-0.2, 0) is 15.2 Å². The Balaban J connectivity index is 1.84. The van der Waals surface area contributed by atoms with E-state index in [2.05, 4.69) is 0 Å². The number of hydrogen-bond acceptors (Lipinski definition) is 4. The summed E-state index contributed by atoms with van der Waals surface area (Å²) in [7, 11) is 0. The molecule has 5 heteroatoms. The Labute approximate surface area is 146 Å². The molecule has 0 saturated heterocycles. The zero-order chi connectivity index (χ0) is 17.9. The number of carbonyl (C=O) groups is 2. The highest BCUT2D eigenvalue weighted by Crippen LogP contribution is 2.42. The Hall–Kier alpha value is -2.66. The monoisotopic (exact) mass is 339 g/mol. The molecule has 0 radical (unpaired) electrons. The normalized spacial score (nSPS) is 19.6. The van der Waals surface area contributed by atoms with Crippen molar-refractivity contribution >= 4 is 23.5 Å². The van der Waals surface area contributed by atoms with Gasteiger partial charge in [-0.1, -0.05) is 31.5 Å². The van der Waals surface area contributed by atoms with Gasteiger partial charge in [-0.15, -0.1) is 0 Å². The van der Waals surface area contributed by atoms with Gasteiger partial charge in [0, 0.05) is 12.1 Å². The highest BCUT2D eigenvalue weighted by Gasteiger charge is 2.50. The number of fused-ring (bicyclic) bond motifs is 1. The lowest BCUT2D eigenvalue weighted by atomic mass is 9.90. The smallest absolute Gasteiger partial charge is 0.264 e. The average Bonchev–Trinajstić information content (AvgIpc) is 3.19. The van der Waals surface area contributed by atoms with Gasteiger partial charge in [-0.05, 0) is 36.8 Å². The summed E-state index contributed by atoms with van der Waals surface area (Å²) in [6.45, 7) is 2.58. The fraction of sp³-hybridized carbons (Fsp3) is 0.300. The third-order valence-corrected chi connectivity index (χ3v) is 4.38. The van der Waals surface area contributed by atoms with Gasteiger partial charge < -0.3 is 14.4 Å². The molecule has 1 aliphatic rings. The molecule has 0 saturated carbocycles. The Bertz CT molecular complexity index is 794. The zero-order valence-corrected chi connectivity index (χ0v) is 14.1. The van der Waals surface area contributed by atoms with Crippen LogP contribution in [0.1, 0.15) is 37.5 Å². The first kappa shape index (κ1) is 17.2. The zero-order valence-electron chi connectivity index (χ0n) is 14.1. The first-order chi connectivity index (χ1) is 12.1. The average molecular weight is 339 g/mol. The fourth-order valence-electron chi connectivity index (χ4n) is 3.09. The predicted octanol–water partition coefficient (Wildman–Crippen LogP) is 3.29. The number of rotatable bonds is 7. The molecule has 1 unspecified atom stereocenters. The summed E-state index contributed by atoms with van der Waals surface area (Å²) in [5.74, 6) is -0.218. The van der Waals surface area contributed by atoms with Crippen LogP contribution in [0.2, 0.25) is 0 Å². The number of unbranched alkanes of at least 4 members (excludes halogenated alkanes) is 1. The van der Waals surface area contributed by atoms with E-state index in [-0.39, 0.29) is 12.2 Å². The van der Waals surface area contributed by atoms with E-state index in [9.17, 15) is 14.7 Å². The first-order valence-electron chi connectivity index (χ1n) is 8.44. The predicted molar refractivity (Wildman–Crippen MR) is 95.0 cm³/mol. The second-order valence-electron chi connectivity index (χ2n) is 6.18. The third-order valence-electron chi connectivity index (χ3n) is 4.38. The number of anilines is 1. The van der Waals surface area contributed by atoms with E-state index in [0.717, 1.165) is 12.8 Å². The van der Waals surface area contributed by atoms with Crippen molar-refractivity contribution < 1.29 is 19.1 Å². The number of amides is 1. The number of hydrogen-bond donors (Lipinski definition) is 1. The Morgan fingerprint density at radius 3 is 2.80 bits per heavy atom. The molecule has 1 aromatic carbocycles. The van der Waals surface area contributed by atoms with Gasteiger partial charge in [-0.2, -0.15) is 0 Å². The maximum Gasteiger partial charge on any atom is 0.264 e. The lowest BCUT2D eigenvalue weighted by Crippen LogP contribution is -2.42. The highest BCUT2D eigenvalue weighted by atomic mass is 16.3. The summed E-state index contributed by atoms with van der Waals surface area (Å²) in [6, 6.07) is 10.6. The van der Waals surface area contributed by atoms with Crippen molar-refractivity contribution in [3.63, 3.8) is 0 Å². The summed E-state index contributed by atoms with van der Waals surface area (Å²) in [4.78, 5) is 26.7. The number of allylic oxidation sites excluding steroid dienone is 1. The molecule has 1 atom stereocenters. The SMILES string of the molecule is CCCCN1C(=O)C(O)(CC(=O)/C=C/c2ccco2)c2ccccc21. The van der Waals surface area contributed by atoms with E-state index in [0.29, 0.717) is 23.6 Å². The van der Waals surface area contributed by atoms with E-state index >= 15 is 0 Å². The first-order valence-corrected chi connectivity index (χ1v) is 8.44. The maximum absolute atomic E-state index is 12.8. The molecule has 0 spiro atoms. The molecule has 3 rings (SSSR count). The van der Waals surface area contributed by atoms with Gasteiger partial charge in [0.15, 0.2) is 11.4 Å². The van der Waals surface area contributed by atoms with Crippen LogP contribution in [0.3, 0.4) is 0 Å². The summed E-state index contributed by atoms with van der Waals surface area (Å²) in [5, 5.41) is 11.0. The fourth-order valence-corrected chi connectivity index (χ4v) is 3.09. The van der Waals surface area contributed by atoms with Gasteiger partial charge in [-0.3, -0.25) is 9.59 Å². The van der Waals surface area contributed by atoms with Crippen LogP contribution in [0.4, 0.5) is 5.69 Å². The van der Waals surface area contributed by atoms with Crippen LogP contribution >= 0.6 is 0 Å². The van der Waals surface area contributed by atoms with E-state index in [4.69, 9.17) is 4.42 Å². The summed E-state index contributed by atoms with van der Waals surface area (Å²) >= 11 is 0. The van der Waals surface area contributed by atoms with Crippen molar-refractivity contribution in [2.24, 2.45) is 0 Å². The Morgan fingerprint density at radius 2 is 2.08 bits per heavy atom. The van der Waals surface area contributed by atoms with E-state index < -0.39 is 11.5 Å². The minimum Gasteiger partial charge on any atom is -0.465 e. The second-order valence-corrected chi connectivity index (χ2v) is 6.18. The number of nitrogens with zero attached hydrogens (tertiary/aromatic N) is 1. The van der Waals surface area contributed by atoms with Gasteiger partial charge in [0.05, 0.1) is 18.4 Å². The van der Waals surface area contributed by atoms with Crippen LogP contribution in [0.15, 0.2) is 53.2 Å². The number of para-hydroxylation sites is 1. The molecular weight excluding hydrogens is 318 g/mol. The molecular formula is C20H21NO4. The molecule has 130 valence electrons. The topological polar surface area (TPSA) is 70.8 Å². The minimum absolute atomic E-state index is 0.289. The molecule has 0 bridgehead atoms. The van der Waals surface area contributed by atoms with Crippen LogP contribution in [0.5, 0.6) is 0 Å². The van der Waals surface area contributed by atoms with Crippen molar-refractivity contribution in [3.05, 3.63) is 60.1 Å². The molecule has 1 amide bonds. The van der Waals surface area contributed by atoms with E-state index in [1.807, 2.05) is 19.1 Å². The molecule has 0 aliphatic carbocycles. The molecule has 5 nitrogen and oxygen atoms in total. The lowest BCUT2D eigenvalue weighted by Gasteiger charge is -2.22. The standard InChI is InChI=1S/C20H21NO4/c1-2-3-12-21-18-9-5-4-8-17(18)20(24,19(21)23)14-15(22)10-11-16-7-6-13-25-16/h4-11,13,24H,2-3,12,14H2,1H3/b11-10+. The van der Waals surface area contributed by atoms with Crippen molar-refractivity contribution in [2.45, 2.75) is 31.8 Å². The summed E-state index contributed by atoms with van der Waals surface area (Å²) in [6.07, 6.45) is 5.87. The Morgan fingerprint density at radius 1 is 1.28 bits per heavy atom. The quantitative estimate of drug-likeness (QED) is 0.786. The van der Waals surface area contributed by atoms with Crippen molar-refractivity contribution in [1.82, 2.24) is 0 Å². The minimum atomic E-state index is -1.81. The van der Waals surface area contributed by atoms with Gasteiger partial charge in [0.2, 0.25) is 0 Å². The van der Waals surface area contributed by atoms with Crippen LogP contribution in [0, 0.1) is 0 Å². The molecule has 2 heterocycles. The number of carbonyl (C=O) groups excluding carboxylic acids is 2.